The van der Waals surface area contributed by atoms with Gasteiger partial charge in [0.25, 0.3) is 0 Å². The average Bonchev–Trinajstić information content (AvgIpc) is 0.729. The van der Waals surface area contributed by atoms with Crippen LogP contribution in [0.25, 0.3) is 44.3 Å². The van der Waals surface area contributed by atoms with Crippen molar-refractivity contribution in [2.75, 3.05) is 39.1 Å². The fraction of sp³-hybridized carbons (Fsp3) is 0.278. The van der Waals surface area contributed by atoms with E-state index in [1.54, 1.807) is 21.0 Å². The van der Waals surface area contributed by atoms with Crippen molar-refractivity contribution in [3.8, 4) is 16.9 Å². The quantitative estimate of drug-likeness (QED) is 0.0107. The van der Waals surface area contributed by atoms with E-state index in [2.05, 4.69) is 91.5 Å². The Hall–Kier alpha value is -8.07. The molecule has 0 bridgehead atoms. The molecule has 0 aromatic heterocycles. The molecule has 0 spiro atoms. The lowest BCUT2D eigenvalue weighted by atomic mass is 9.76. The molecule has 9 rings (SSSR count). The molecule has 0 aliphatic carbocycles. The van der Waals surface area contributed by atoms with Crippen molar-refractivity contribution in [2.24, 2.45) is 0 Å². The van der Waals surface area contributed by atoms with Crippen LogP contribution in [0.15, 0.2) is 158 Å². The first kappa shape index (κ1) is 68.3. The molecular weight excluding hydrogens is 1200 g/mol. The predicted molar refractivity (Wildman–Crippen MR) is 361 cm³/mol. The molecule has 8 aromatic rings. The van der Waals surface area contributed by atoms with Crippen LogP contribution in [-0.4, -0.2) is 97.7 Å². The van der Waals surface area contributed by atoms with E-state index in [1.165, 1.54) is 10.4 Å². The first-order chi connectivity index (χ1) is 43.6. The molecule has 8 aromatic carbocycles. The smallest absolute Gasteiger partial charge is 0.488 e. The number of rotatable bonds is 25. The molecule has 92 heavy (non-hydrogen) atoms. The van der Waals surface area contributed by atoms with E-state index in [4.69, 9.17) is 4.74 Å². The minimum atomic E-state index is -4.76. The number of alkyl halides is 6. The highest BCUT2D eigenvalue weighted by atomic mass is 28.3. The number of nitrogens with zero attached hydrogens (tertiary/aromatic N) is 2. The van der Waals surface area contributed by atoms with Crippen molar-refractivity contribution in [3.05, 3.63) is 213 Å². The summed E-state index contributed by atoms with van der Waals surface area (Å²) >= 11 is 0. The maximum atomic E-state index is 14.5. The Bertz CT molecular complexity index is 4290. The maximum absolute atomic E-state index is 14.5. The van der Waals surface area contributed by atoms with Gasteiger partial charge in [-0.3, -0.25) is 19.4 Å². The van der Waals surface area contributed by atoms with Crippen LogP contribution < -0.4 is 47.1 Å². The number of fused-ring (bicyclic) bond motifs is 4. The number of halogens is 6. The topological polar surface area (TPSA) is 155 Å². The van der Waals surface area contributed by atoms with Gasteiger partial charge in [0.2, 0.25) is 5.91 Å². The molecule has 0 radical (unpaired) electrons. The molecule has 1 heterocycles. The van der Waals surface area contributed by atoms with Gasteiger partial charge in [0.15, 0.2) is 5.78 Å². The van der Waals surface area contributed by atoms with E-state index >= 15 is 0 Å². The van der Waals surface area contributed by atoms with Gasteiger partial charge in [-0.15, -0.1) is 0 Å². The lowest BCUT2D eigenvalue weighted by Crippen LogP contribution is -2.63. The van der Waals surface area contributed by atoms with Gasteiger partial charge < -0.3 is 35.5 Å². The number of ether oxygens (including phenoxy) is 1. The summed E-state index contributed by atoms with van der Waals surface area (Å²) in [6.07, 6.45) is -6.09. The average molecular weight is 1270 g/mol. The summed E-state index contributed by atoms with van der Waals surface area (Å²) < 4.78 is 93.2. The molecule has 20 heteroatoms. The predicted octanol–water partition coefficient (Wildman–Crippen LogP) is 9.69. The first-order valence-corrected chi connectivity index (χ1v) is 33.6. The van der Waals surface area contributed by atoms with Crippen LogP contribution in [-0.2, 0) is 48.1 Å². The Morgan fingerprint density at radius 1 is 0.620 bits per heavy atom. The summed E-state index contributed by atoms with van der Waals surface area (Å²) in [5, 5.41) is 56.3. The number of carbonyl (C=O) groups is 2. The number of nitrogens with one attached hydrogen (secondary N) is 2. The van der Waals surface area contributed by atoms with Gasteiger partial charge in [0.05, 0.1) is 18.2 Å². The van der Waals surface area contributed by atoms with Crippen LogP contribution in [0, 0.1) is 0 Å². The third-order valence-corrected chi connectivity index (χ3v) is 21.1. The number of amides is 1. The lowest BCUT2D eigenvalue weighted by molar-refractivity contribution is -0.138. The number of methoxy groups -OCH3 is 1. The number of hydrogen-bond donors (Lipinski definition) is 6. The molecule has 478 valence electrons. The zero-order valence-electron chi connectivity index (χ0n) is 52.8. The van der Waals surface area contributed by atoms with E-state index in [-0.39, 0.29) is 91.6 Å². The van der Waals surface area contributed by atoms with Crippen LogP contribution in [0.2, 0.25) is 13.1 Å². The summed E-state index contributed by atoms with van der Waals surface area (Å²) in [4.78, 5) is 29.4. The minimum absolute atomic E-state index is 0.0169. The number of unbranched alkanes of at least 4 members (excludes halogenated alkanes) is 1. The Morgan fingerprint density at radius 3 is 1.74 bits per heavy atom. The van der Waals surface area contributed by atoms with Crippen molar-refractivity contribution >= 4 is 94.2 Å². The molecular formula is C72H76B2F6N4O7Si. The second kappa shape index (κ2) is 28.4. The van der Waals surface area contributed by atoms with Crippen LogP contribution in [0.1, 0.15) is 91.0 Å². The number of ketones is 1. The Kier molecular flexibility index (Phi) is 21.1. The molecule has 6 N–H and O–H groups in total. The third-order valence-electron chi connectivity index (χ3n) is 17.6. The first-order valence-electron chi connectivity index (χ1n) is 30.6. The normalized spacial score (nSPS) is 13.2. The summed E-state index contributed by atoms with van der Waals surface area (Å²) in [6, 6.07) is 38.5. The van der Waals surface area contributed by atoms with Gasteiger partial charge in [-0.05, 0) is 204 Å². The fourth-order valence-electron chi connectivity index (χ4n) is 12.6. The van der Waals surface area contributed by atoms with Gasteiger partial charge in [-0.2, -0.15) is 26.3 Å². The monoisotopic (exact) mass is 1270 g/mol. The molecule has 0 saturated heterocycles. The molecule has 11 nitrogen and oxygen atoms in total. The highest BCUT2D eigenvalue weighted by molar-refractivity contribution is 7.01. The Balaban J connectivity index is 1.29. The van der Waals surface area contributed by atoms with E-state index in [1.807, 2.05) is 72.3 Å². The van der Waals surface area contributed by atoms with Gasteiger partial charge in [-0.1, -0.05) is 117 Å². The number of allylic oxidation sites excluding steroid dienone is 1. The molecule has 1 amide bonds. The molecule has 1 aliphatic rings. The van der Waals surface area contributed by atoms with Crippen molar-refractivity contribution in [1.29, 1.82) is 0 Å². The molecule has 0 unspecified atom stereocenters. The van der Waals surface area contributed by atoms with E-state index in [9.17, 15) is 56.0 Å². The molecule has 0 atom stereocenters. The van der Waals surface area contributed by atoms with Crippen molar-refractivity contribution in [1.82, 2.24) is 15.1 Å². The molecule has 0 saturated carbocycles. The van der Waals surface area contributed by atoms with Gasteiger partial charge in [0, 0.05) is 64.0 Å². The summed E-state index contributed by atoms with van der Waals surface area (Å²) in [5.41, 5.74) is 5.60. The van der Waals surface area contributed by atoms with Crippen LogP contribution in [0.3, 0.4) is 0 Å². The zero-order valence-corrected chi connectivity index (χ0v) is 53.8. The highest BCUT2D eigenvalue weighted by Crippen LogP contribution is 2.40. The second-order valence-corrected chi connectivity index (χ2v) is 28.7. The van der Waals surface area contributed by atoms with Gasteiger partial charge in [0.1, 0.15) is 13.8 Å². The number of hydrogen-bond acceptors (Lipinski definition) is 10. The van der Waals surface area contributed by atoms with E-state index < -0.39 is 45.8 Å². The maximum Gasteiger partial charge on any atom is 0.488 e. The van der Waals surface area contributed by atoms with Gasteiger partial charge in [-0.25, -0.2) is 0 Å². The fourth-order valence-corrected chi connectivity index (χ4v) is 15.7. The SMILES string of the molecule is C=C(C)C(=O)CCCCN(Cc1cc(C(F)(F)F)ccc1B(O)O)Cc1c2ccccc2c(CN(CCCNC(=O)C(=C)C)Cc2cc(C(F)(F)F)ccc2B(O)O)c2ccc(-c3cc(OC)cc(C4=c5cc/c(=C\C)cc5[Si](C)(C)c5cc(NC)ccc54)c3)cc12. The second-order valence-electron chi connectivity index (χ2n) is 24.4. The Morgan fingerprint density at radius 2 is 1.20 bits per heavy atom. The van der Waals surface area contributed by atoms with E-state index in [0.29, 0.717) is 36.0 Å². The summed E-state index contributed by atoms with van der Waals surface area (Å²) in [6.45, 7) is 17.9. The van der Waals surface area contributed by atoms with Crippen molar-refractivity contribution in [3.63, 3.8) is 0 Å². The number of anilines is 1. The van der Waals surface area contributed by atoms with Gasteiger partial charge >= 0.3 is 26.6 Å². The molecule has 0 fully saturated rings. The Labute approximate surface area is 534 Å². The van der Waals surface area contributed by atoms with Crippen molar-refractivity contribution < 1.29 is 60.8 Å². The number of Topliss-reactive ketones (excluding diaryl/α,β-unsaturated/α-hetero) is 1. The third kappa shape index (κ3) is 15.2. The minimum Gasteiger partial charge on any atom is -0.497 e. The van der Waals surface area contributed by atoms with Crippen LogP contribution >= 0.6 is 0 Å². The van der Waals surface area contributed by atoms with Crippen LogP contribution in [0.5, 0.6) is 5.75 Å². The summed E-state index contributed by atoms with van der Waals surface area (Å²) in [5.74, 6) is 0.0795. The largest absolute Gasteiger partial charge is 0.497 e. The number of carbonyl (C=O) groups excluding carboxylic acids is 2. The molecule has 1 aliphatic heterocycles. The van der Waals surface area contributed by atoms with Crippen molar-refractivity contribution in [2.45, 2.75) is 98.1 Å². The van der Waals surface area contributed by atoms with E-state index in [0.717, 1.165) is 108 Å². The lowest BCUT2D eigenvalue weighted by Gasteiger charge is -2.33. The van der Waals surface area contributed by atoms with Crippen LogP contribution in [0.4, 0.5) is 32.0 Å². The standard InChI is InChI=1S/C72H76B2F6N4O7Si/c1-10-46-19-24-59-67(32-46)92(8,9)68-39-54(81-6)23-26-60(68)69(59)49-33-48(36-55(37-49)91-7)47-20-25-58-61(38-47)63(43-83(30-14-13-18-66(85)44(2)3)40-50-34-52(71(75,76)77)21-27-64(50)73(87)88)57-17-12-11-16-56(57)62(58)42-84(31-15-29-82-70(86)45(4)5)41-51-35-53(72(78,79)80)22-28-65(51)74(89)90/h10-12,16-17,19-28,32-39,81,87-90H,2,4,13-15,18,29-31,40-43H2,1,3,5-9H3,(H,82,86)/b46-10+. The highest BCUT2D eigenvalue weighted by Gasteiger charge is 2.37. The zero-order chi connectivity index (χ0) is 66.6. The number of benzene rings is 8. The summed E-state index contributed by atoms with van der Waals surface area (Å²) in [7, 11) is -3.02.